The normalized spacial score (nSPS) is 12.1. The SMILES string of the molecule is CSCCC(NC(=O)OC(C)(C)C)C(=O)Nc1cccc(-c2csc(-c3ccncc3)n2)c1. The molecule has 2 N–H and O–H groups in total. The van der Waals surface area contributed by atoms with Gasteiger partial charge >= 0.3 is 6.09 Å². The van der Waals surface area contributed by atoms with Gasteiger partial charge in [-0.1, -0.05) is 12.1 Å². The van der Waals surface area contributed by atoms with Gasteiger partial charge in [0.05, 0.1) is 5.69 Å². The minimum absolute atomic E-state index is 0.289. The van der Waals surface area contributed by atoms with Crippen LogP contribution in [-0.4, -0.2) is 45.6 Å². The van der Waals surface area contributed by atoms with Crippen molar-refractivity contribution in [3.8, 4) is 21.8 Å². The van der Waals surface area contributed by atoms with Gasteiger partial charge in [-0.2, -0.15) is 11.8 Å². The molecule has 0 saturated heterocycles. The molecular weight excluding hydrogens is 456 g/mol. The van der Waals surface area contributed by atoms with Crippen molar-refractivity contribution in [1.82, 2.24) is 15.3 Å². The molecule has 0 saturated carbocycles. The highest BCUT2D eigenvalue weighted by molar-refractivity contribution is 7.98. The molecule has 1 aromatic carbocycles. The second-order valence-electron chi connectivity index (χ2n) is 8.32. The average molecular weight is 485 g/mol. The molecule has 2 heterocycles. The van der Waals surface area contributed by atoms with Crippen LogP contribution in [-0.2, 0) is 9.53 Å². The van der Waals surface area contributed by atoms with Crippen molar-refractivity contribution in [2.24, 2.45) is 0 Å². The first-order valence-electron chi connectivity index (χ1n) is 10.5. The lowest BCUT2D eigenvalue weighted by Crippen LogP contribution is -2.46. The van der Waals surface area contributed by atoms with Crippen molar-refractivity contribution in [2.45, 2.75) is 38.8 Å². The van der Waals surface area contributed by atoms with Crippen molar-refractivity contribution in [3.63, 3.8) is 0 Å². The van der Waals surface area contributed by atoms with Crippen molar-refractivity contribution < 1.29 is 14.3 Å². The number of carbonyl (C=O) groups is 2. The molecule has 0 aliphatic rings. The van der Waals surface area contributed by atoms with E-state index in [2.05, 4.69) is 15.6 Å². The largest absolute Gasteiger partial charge is 0.444 e. The van der Waals surface area contributed by atoms with Gasteiger partial charge < -0.3 is 15.4 Å². The Morgan fingerprint density at radius 1 is 1.15 bits per heavy atom. The summed E-state index contributed by atoms with van der Waals surface area (Å²) < 4.78 is 5.32. The van der Waals surface area contributed by atoms with Crippen molar-refractivity contribution in [1.29, 1.82) is 0 Å². The Morgan fingerprint density at radius 2 is 1.91 bits per heavy atom. The first-order chi connectivity index (χ1) is 15.7. The molecule has 0 fully saturated rings. The highest BCUT2D eigenvalue weighted by Gasteiger charge is 2.24. The van der Waals surface area contributed by atoms with E-state index in [0.717, 1.165) is 27.6 Å². The summed E-state index contributed by atoms with van der Waals surface area (Å²) in [4.78, 5) is 33.9. The Balaban J connectivity index is 1.71. The van der Waals surface area contributed by atoms with Crippen molar-refractivity contribution in [2.75, 3.05) is 17.3 Å². The highest BCUT2D eigenvalue weighted by atomic mass is 32.2. The predicted octanol–water partition coefficient (Wildman–Crippen LogP) is 5.46. The van der Waals surface area contributed by atoms with Crippen LogP contribution in [0.3, 0.4) is 0 Å². The molecule has 9 heteroatoms. The number of ether oxygens (including phenoxy) is 1. The maximum Gasteiger partial charge on any atom is 0.408 e. The number of thiazole rings is 1. The molecule has 0 aliphatic carbocycles. The summed E-state index contributed by atoms with van der Waals surface area (Å²) in [6, 6.07) is 10.7. The smallest absolute Gasteiger partial charge is 0.408 e. The first kappa shape index (κ1) is 24.7. The minimum Gasteiger partial charge on any atom is -0.444 e. The fourth-order valence-electron chi connectivity index (χ4n) is 2.97. The second kappa shape index (κ2) is 11.3. The van der Waals surface area contributed by atoms with Gasteiger partial charge in [-0.05, 0) is 63.5 Å². The molecule has 3 aromatic rings. The van der Waals surface area contributed by atoms with Gasteiger partial charge in [0.1, 0.15) is 16.7 Å². The number of alkyl carbamates (subject to hydrolysis) is 1. The van der Waals surface area contributed by atoms with Gasteiger partial charge in [0.15, 0.2) is 0 Å². The Hall–Kier alpha value is -2.91. The molecule has 174 valence electrons. The van der Waals surface area contributed by atoms with Gasteiger partial charge in [-0.3, -0.25) is 9.78 Å². The number of aromatic nitrogens is 2. The molecule has 0 bridgehead atoms. The van der Waals surface area contributed by atoms with E-state index in [1.165, 1.54) is 0 Å². The Morgan fingerprint density at radius 3 is 2.61 bits per heavy atom. The number of pyridine rings is 1. The number of thioether (sulfide) groups is 1. The van der Waals surface area contributed by atoms with Crippen LogP contribution in [0, 0.1) is 0 Å². The lowest BCUT2D eigenvalue weighted by molar-refractivity contribution is -0.118. The lowest BCUT2D eigenvalue weighted by atomic mass is 10.1. The quantitative estimate of drug-likeness (QED) is 0.441. The number of hydrogen-bond acceptors (Lipinski definition) is 7. The second-order valence-corrected chi connectivity index (χ2v) is 10.2. The van der Waals surface area contributed by atoms with Crippen molar-refractivity contribution in [3.05, 3.63) is 54.2 Å². The molecule has 2 aromatic heterocycles. The summed E-state index contributed by atoms with van der Waals surface area (Å²) in [5.74, 6) is 0.438. The number of hydrogen-bond donors (Lipinski definition) is 2. The molecule has 2 amide bonds. The molecule has 0 radical (unpaired) electrons. The third-order valence-electron chi connectivity index (χ3n) is 4.48. The van der Waals surface area contributed by atoms with Gasteiger partial charge in [0.25, 0.3) is 0 Å². The number of amides is 2. The van der Waals surface area contributed by atoms with Crippen LogP contribution < -0.4 is 10.6 Å². The fraction of sp³-hybridized carbons (Fsp3) is 0.333. The van der Waals surface area contributed by atoms with Crippen LogP contribution in [0.4, 0.5) is 10.5 Å². The van der Waals surface area contributed by atoms with Gasteiger partial charge in [0, 0.05) is 34.6 Å². The number of nitrogens with one attached hydrogen (secondary N) is 2. The molecule has 1 unspecified atom stereocenters. The zero-order valence-electron chi connectivity index (χ0n) is 19.1. The summed E-state index contributed by atoms with van der Waals surface area (Å²) >= 11 is 3.16. The number of rotatable bonds is 8. The zero-order valence-corrected chi connectivity index (χ0v) is 20.8. The monoisotopic (exact) mass is 484 g/mol. The van der Waals surface area contributed by atoms with Gasteiger partial charge in [-0.25, -0.2) is 9.78 Å². The minimum atomic E-state index is -0.700. The van der Waals surface area contributed by atoms with E-state index in [1.54, 1.807) is 56.3 Å². The summed E-state index contributed by atoms with van der Waals surface area (Å²) in [5.41, 5.74) is 2.73. The molecular formula is C24H28N4O3S2. The van der Waals surface area contributed by atoms with E-state index in [1.807, 2.05) is 48.0 Å². The van der Waals surface area contributed by atoms with Crippen LogP contribution in [0.15, 0.2) is 54.2 Å². The van der Waals surface area contributed by atoms with Crippen LogP contribution >= 0.6 is 23.1 Å². The topological polar surface area (TPSA) is 93.2 Å². The molecule has 0 aliphatic heterocycles. The van der Waals surface area contributed by atoms with E-state index in [9.17, 15) is 9.59 Å². The van der Waals surface area contributed by atoms with E-state index < -0.39 is 17.7 Å². The molecule has 7 nitrogen and oxygen atoms in total. The summed E-state index contributed by atoms with van der Waals surface area (Å²) in [5, 5.41) is 8.50. The van der Waals surface area contributed by atoms with Crippen molar-refractivity contribution >= 4 is 40.8 Å². The van der Waals surface area contributed by atoms with Gasteiger partial charge in [0.2, 0.25) is 5.91 Å². The predicted molar refractivity (Wildman–Crippen MR) is 136 cm³/mol. The van der Waals surface area contributed by atoms with Crippen LogP contribution in [0.1, 0.15) is 27.2 Å². The maximum atomic E-state index is 12.9. The molecule has 33 heavy (non-hydrogen) atoms. The third kappa shape index (κ3) is 7.57. The van der Waals surface area contributed by atoms with E-state index in [0.29, 0.717) is 12.1 Å². The molecule has 3 rings (SSSR count). The Labute approximate surface area is 202 Å². The van der Waals surface area contributed by atoms with E-state index >= 15 is 0 Å². The van der Waals surface area contributed by atoms with Crippen LogP contribution in [0.2, 0.25) is 0 Å². The van der Waals surface area contributed by atoms with Crippen LogP contribution in [0.25, 0.3) is 21.8 Å². The standard InChI is InChI=1S/C24H28N4O3S2/c1-24(2,3)31-23(30)28-19(10-13-32-4)21(29)26-18-7-5-6-17(14-18)20-15-33-22(27-20)16-8-11-25-12-9-16/h5-9,11-12,14-15,19H,10,13H2,1-4H3,(H,26,29)(H,28,30). The Kier molecular flexibility index (Phi) is 8.46. The summed E-state index contributed by atoms with van der Waals surface area (Å²) in [7, 11) is 0. The zero-order chi connectivity index (χ0) is 23.8. The first-order valence-corrected chi connectivity index (χ1v) is 12.8. The van der Waals surface area contributed by atoms with Crippen LogP contribution in [0.5, 0.6) is 0 Å². The van der Waals surface area contributed by atoms with E-state index in [4.69, 9.17) is 9.72 Å². The van der Waals surface area contributed by atoms with E-state index in [-0.39, 0.29) is 5.91 Å². The number of carbonyl (C=O) groups excluding carboxylic acids is 2. The highest BCUT2D eigenvalue weighted by Crippen LogP contribution is 2.29. The lowest BCUT2D eigenvalue weighted by Gasteiger charge is -2.23. The summed E-state index contributed by atoms with van der Waals surface area (Å²) in [6.45, 7) is 5.36. The average Bonchev–Trinajstić information content (AvgIpc) is 3.26. The number of anilines is 1. The third-order valence-corrected chi connectivity index (χ3v) is 6.01. The van der Waals surface area contributed by atoms with Gasteiger partial charge in [-0.15, -0.1) is 11.3 Å². The molecule has 1 atom stereocenters. The Bertz CT molecular complexity index is 1080. The molecule has 0 spiro atoms. The number of benzene rings is 1. The fourth-order valence-corrected chi connectivity index (χ4v) is 4.28. The number of nitrogens with zero attached hydrogens (tertiary/aromatic N) is 2. The summed E-state index contributed by atoms with van der Waals surface area (Å²) in [6.07, 6.45) is 5.33. The maximum absolute atomic E-state index is 12.9.